The van der Waals surface area contributed by atoms with E-state index in [1.165, 1.54) is 12.8 Å². The van der Waals surface area contributed by atoms with Crippen LogP contribution in [0.1, 0.15) is 33.1 Å². The van der Waals surface area contributed by atoms with Crippen molar-refractivity contribution in [3.05, 3.63) is 0 Å². The molecule has 2 aliphatic rings. The molecule has 0 radical (unpaired) electrons. The van der Waals surface area contributed by atoms with Crippen molar-refractivity contribution in [2.45, 2.75) is 44.8 Å². The van der Waals surface area contributed by atoms with Crippen LogP contribution in [0.15, 0.2) is 0 Å². The minimum Gasteiger partial charge on any atom is -0.389 e. The summed E-state index contributed by atoms with van der Waals surface area (Å²) in [6.45, 7) is 7.95. The summed E-state index contributed by atoms with van der Waals surface area (Å²) in [5.74, 6) is 0.688. The van der Waals surface area contributed by atoms with Crippen molar-refractivity contribution >= 4 is 0 Å². The van der Waals surface area contributed by atoms with Gasteiger partial charge < -0.3 is 9.84 Å². The molecule has 2 atom stereocenters. The van der Waals surface area contributed by atoms with Gasteiger partial charge in [-0.2, -0.15) is 0 Å². The number of ether oxygens (including phenoxy) is 1. The number of nitrogens with zero attached hydrogens (tertiary/aromatic N) is 1. The first-order valence-corrected chi connectivity index (χ1v) is 6.11. The van der Waals surface area contributed by atoms with Crippen molar-refractivity contribution in [2.24, 2.45) is 5.92 Å². The molecular formula is C12H23NO2. The first kappa shape index (κ1) is 11.4. The molecule has 0 amide bonds. The summed E-state index contributed by atoms with van der Waals surface area (Å²) < 4.78 is 5.40. The molecule has 2 aliphatic heterocycles. The zero-order valence-corrected chi connectivity index (χ0v) is 9.91. The summed E-state index contributed by atoms with van der Waals surface area (Å²) in [4.78, 5) is 2.46. The first-order chi connectivity index (χ1) is 7.07. The number of rotatable bonds is 3. The molecule has 0 aromatic carbocycles. The molecule has 15 heavy (non-hydrogen) atoms. The van der Waals surface area contributed by atoms with Gasteiger partial charge in [0.1, 0.15) is 0 Å². The lowest BCUT2D eigenvalue weighted by molar-refractivity contribution is -0.00731. The lowest BCUT2D eigenvalue weighted by atomic mass is 9.96. The summed E-state index contributed by atoms with van der Waals surface area (Å²) in [6, 6.07) is 0.345. The van der Waals surface area contributed by atoms with E-state index in [0.29, 0.717) is 12.0 Å². The van der Waals surface area contributed by atoms with E-state index in [1.54, 1.807) is 0 Å². The molecule has 1 N–H and O–H groups in total. The van der Waals surface area contributed by atoms with Crippen LogP contribution in [0.25, 0.3) is 0 Å². The van der Waals surface area contributed by atoms with Crippen LogP contribution in [0.2, 0.25) is 0 Å². The minimum atomic E-state index is -0.560. The Hall–Kier alpha value is -0.120. The van der Waals surface area contributed by atoms with E-state index in [9.17, 15) is 5.11 Å². The van der Waals surface area contributed by atoms with Crippen molar-refractivity contribution < 1.29 is 9.84 Å². The Kier molecular flexibility index (Phi) is 3.33. The maximum atomic E-state index is 10.1. The Balaban J connectivity index is 1.90. The molecule has 88 valence electrons. The molecule has 0 saturated carbocycles. The van der Waals surface area contributed by atoms with Crippen molar-refractivity contribution in [1.29, 1.82) is 0 Å². The summed E-state index contributed by atoms with van der Waals surface area (Å²) in [5, 5.41) is 10.1. The van der Waals surface area contributed by atoms with Gasteiger partial charge in [0, 0.05) is 19.2 Å². The van der Waals surface area contributed by atoms with Gasteiger partial charge in [0.25, 0.3) is 0 Å². The lowest BCUT2D eigenvalue weighted by Gasteiger charge is -2.35. The summed E-state index contributed by atoms with van der Waals surface area (Å²) in [7, 11) is 0. The number of hydrogen-bond donors (Lipinski definition) is 1. The van der Waals surface area contributed by atoms with Crippen LogP contribution in [-0.2, 0) is 4.74 Å². The zero-order chi connectivity index (χ0) is 10.9. The standard InChI is InChI=1S/C12H23NO2/c1-12(2,14)11-4-3-6-13(11)8-10-5-7-15-9-10/h10-11,14H,3-9H2,1-2H3/t10-,11+/m1/s1. The second-order valence-electron chi connectivity index (χ2n) is 5.54. The Morgan fingerprint density at radius 3 is 2.80 bits per heavy atom. The van der Waals surface area contributed by atoms with Crippen molar-refractivity contribution in [2.75, 3.05) is 26.3 Å². The van der Waals surface area contributed by atoms with E-state index in [2.05, 4.69) is 4.90 Å². The number of likely N-dealkylation sites (tertiary alicyclic amines) is 1. The smallest absolute Gasteiger partial charge is 0.0746 e. The Morgan fingerprint density at radius 2 is 2.20 bits per heavy atom. The van der Waals surface area contributed by atoms with Crippen LogP contribution in [-0.4, -0.2) is 48.0 Å². The summed E-state index contributed by atoms with van der Waals surface area (Å²) >= 11 is 0. The van der Waals surface area contributed by atoms with Gasteiger partial charge in [-0.1, -0.05) is 0 Å². The molecule has 0 aromatic rings. The number of aliphatic hydroxyl groups is 1. The van der Waals surface area contributed by atoms with E-state index in [1.807, 2.05) is 13.8 Å². The highest BCUT2D eigenvalue weighted by atomic mass is 16.5. The molecule has 2 fully saturated rings. The Morgan fingerprint density at radius 1 is 1.40 bits per heavy atom. The molecule has 0 spiro atoms. The number of hydrogen-bond acceptors (Lipinski definition) is 3. The van der Waals surface area contributed by atoms with Gasteiger partial charge in [-0.3, -0.25) is 4.90 Å². The average molecular weight is 213 g/mol. The van der Waals surface area contributed by atoms with Crippen molar-refractivity contribution in [1.82, 2.24) is 4.90 Å². The van der Waals surface area contributed by atoms with E-state index in [0.717, 1.165) is 32.7 Å². The summed E-state index contributed by atoms with van der Waals surface area (Å²) in [6.07, 6.45) is 3.55. The van der Waals surface area contributed by atoms with Gasteiger partial charge in [0.15, 0.2) is 0 Å². The fourth-order valence-electron chi connectivity index (χ4n) is 2.90. The topological polar surface area (TPSA) is 32.7 Å². The van der Waals surface area contributed by atoms with Crippen LogP contribution >= 0.6 is 0 Å². The van der Waals surface area contributed by atoms with E-state index >= 15 is 0 Å². The maximum absolute atomic E-state index is 10.1. The van der Waals surface area contributed by atoms with Gasteiger partial charge in [-0.25, -0.2) is 0 Å². The average Bonchev–Trinajstić information content (AvgIpc) is 2.73. The van der Waals surface area contributed by atoms with Crippen LogP contribution in [0.5, 0.6) is 0 Å². The summed E-state index contributed by atoms with van der Waals surface area (Å²) in [5.41, 5.74) is -0.560. The second kappa shape index (κ2) is 4.40. The van der Waals surface area contributed by atoms with Crippen molar-refractivity contribution in [3.8, 4) is 0 Å². The highest BCUT2D eigenvalue weighted by Crippen LogP contribution is 2.28. The maximum Gasteiger partial charge on any atom is 0.0746 e. The normalized spacial score (nSPS) is 33.8. The molecule has 2 saturated heterocycles. The van der Waals surface area contributed by atoms with Gasteiger partial charge in [0.05, 0.1) is 12.2 Å². The van der Waals surface area contributed by atoms with Gasteiger partial charge in [-0.15, -0.1) is 0 Å². The zero-order valence-electron chi connectivity index (χ0n) is 9.91. The van der Waals surface area contributed by atoms with E-state index < -0.39 is 5.60 Å². The van der Waals surface area contributed by atoms with E-state index in [-0.39, 0.29) is 0 Å². The molecule has 0 unspecified atom stereocenters. The molecular weight excluding hydrogens is 190 g/mol. The monoisotopic (exact) mass is 213 g/mol. The fraction of sp³-hybridized carbons (Fsp3) is 1.00. The Bertz CT molecular complexity index is 206. The SMILES string of the molecule is CC(C)(O)[C@@H]1CCCN1C[C@H]1CCOC1. The third-order valence-electron chi connectivity index (χ3n) is 3.70. The lowest BCUT2D eigenvalue weighted by Crippen LogP contribution is -2.47. The van der Waals surface area contributed by atoms with Crippen LogP contribution in [0, 0.1) is 5.92 Å². The molecule has 2 rings (SSSR count). The molecule has 0 aliphatic carbocycles. The Labute approximate surface area is 92.4 Å². The largest absolute Gasteiger partial charge is 0.389 e. The third-order valence-corrected chi connectivity index (χ3v) is 3.70. The quantitative estimate of drug-likeness (QED) is 0.766. The molecule has 0 aromatic heterocycles. The van der Waals surface area contributed by atoms with Crippen molar-refractivity contribution in [3.63, 3.8) is 0 Å². The van der Waals surface area contributed by atoms with Gasteiger partial charge >= 0.3 is 0 Å². The highest BCUT2D eigenvalue weighted by molar-refractivity contribution is 4.91. The molecule has 3 nitrogen and oxygen atoms in total. The fourth-order valence-corrected chi connectivity index (χ4v) is 2.90. The predicted octanol–water partition coefficient (Wildman–Crippen LogP) is 1.26. The van der Waals surface area contributed by atoms with Crippen LogP contribution in [0.3, 0.4) is 0 Å². The van der Waals surface area contributed by atoms with E-state index in [4.69, 9.17) is 4.74 Å². The molecule has 2 heterocycles. The molecule has 3 heteroatoms. The first-order valence-electron chi connectivity index (χ1n) is 6.11. The minimum absolute atomic E-state index is 0.345. The van der Waals surface area contributed by atoms with Gasteiger partial charge in [0.2, 0.25) is 0 Å². The van der Waals surface area contributed by atoms with Gasteiger partial charge in [-0.05, 0) is 45.6 Å². The third kappa shape index (κ3) is 2.71. The van der Waals surface area contributed by atoms with Crippen LogP contribution < -0.4 is 0 Å². The second-order valence-corrected chi connectivity index (χ2v) is 5.54. The predicted molar refractivity (Wildman–Crippen MR) is 59.8 cm³/mol. The molecule has 0 bridgehead atoms. The van der Waals surface area contributed by atoms with Crippen LogP contribution in [0.4, 0.5) is 0 Å². The highest BCUT2D eigenvalue weighted by Gasteiger charge is 2.36.